The SMILES string of the molecule is COc1ccc(-c2ncc(C(=O)Nc3cccc(Cl)c3)c(C)n2)cc1. The molecule has 6 heteroatoms. The van der Waals surface area contributed by atoms with E-state index in [1.807, 2.05) is 24.3 Å². The number of hydrogen-bond donors (Lipinski definition) is 1. The Balaban J connectivity index is 1.82. The van der Waals surface area contributed by atoms with Gasteiger partial charge in [0.05, 0.1) is 18.4 Å². The number of aromatic nitrogens is 2. The molecule has 25 heavy (non-hydrogen) atoms. The summed E-state index contributed by atoms with van der Waals surface area (Å²) < 4.78 is 5.14. The van der Waals surface area contributed by atoms with Crippen LogP contribution in [0.4, 0.5) is 5.69 Å². The second-order valence-corrected chi connectivity index (χ2v) is 5.82. The topological polar surface area (TPSA) is 64.1 Å². The summed E-state index contributed by atoms with van der Waals surface area (Å²) in [7, 11) is 1.61. The number of carbonyl (C=O) groups excluding carboxylic acids is 1. The van der Waals surface area contributed by atoms with Gasteiger partial charge in [-0.05, 0) is 49.4 Å². The van der Waals surface area contributed by atoms with Crippen LogP contribution >= 0.6 is 11.6 Å². The van der Waals surface area contributed by atoms with E-state index in [2.05, 4.69) is 15.3 Å². The molecule has 1 aromatic heterocycles. The van der Waals surface area contributed by atoms with Gasteiger partial charge in [0.15, 0.2) is 5.82 Å². The second kappa shape index (κ2) is 7.32. The molecule has 3 aromatic rings. The largest absolute Gasteiger partial charge is 0.497 e. The van der Waals surface area contributed by atoms with Crippen molar-refractivity contribution in [1.29, 1.82) is 0 Å². The zero-order valence-corrected chi connectivity index (χ0v) is 14.5. The number of rotatable bonds is 4. The minimum Gasteiger partial charge on any atom is -0.497 e. The Labute approximate surface area is 150 Å². The summed E-state index contributed by atoms with van der Waals surface area (Å²) in [5, 5.41) is 3.35. The molecule has 0 unspecified atom stereocenters. The fourth-order valence-electron chi connectivity index (χ4n) is 2.33. The average Bonchev–Trinajstić information content (AvgIpc) is 2.61. The maximum atomic E-state index is 12.4. The fourth-order valence-corrected chi connectivity index (χ4v) is 2.52. The van der Waals surface area contributed by atoms with E-state index in [1.54, 1.807) is 38.3 Å². The molecule has 5 nitrogen and oxygen atoms in total. The van der Waals surface area contributed by atoms with Crippen LogP contribution in [0.2, 0.25) is 5.02 Å². The van der Waals surface area contributed by atoms with Crippen LogP contribution in [0, 0.1) is 6.92 Å². The molecule has 1 N–H and O–H groups in total. The summed E-state index contributed by atoms with van der Waals surface area (Å²) in [6.45, 7) is 1.78. The molecule has 0 spiro atoms. The summed E-state index contributed by atoms with van der Waals surface area (Å²) in [6.07, 6.45) is 1.53. The van der Waals surface area contributed by atoms with E-state index < -0.39 is 0 Å². The highest BCUT2D eigenvalue weighted by Gasteiger charge is 2.13. The van der Waals surface area contributed by atoms with Crippen LogP contribution in [0.5, 0.6) is 5.75 Å². The van der Waals surface area contributed by atoms with Gasteiger partial charge in [0.1, 0.15) is 5.75 Å². The van der Waals surface area contributed by atoms with Crippen molar-refractivity contribution >= 4 is 23.2 Å². The van der Waals surface area contributed by atoms with E-state index in [0.29, 0.717) is 27.8 Å². The molecule has 0 aliphatic rings. The molecule has 0 saturated carbocycles. The van der Waals surface area contributed by atoms with Gasteiger partial charge in [0.25, 0.3) is 5.91 Å². The first-order valence-electron chi connectivity index (χ1n) is 7.62. The minimum atomic E-state index is -0.277. The normalized spacial score (nSPS) is 10.4. The molecule has 126 valence electrons. The highest BCUT2D eigenvalue weighted by Crippen LogP contribution is 2.21. The van der Waals surface area contributed by atoms with Crippen LogP contribution < -0.4 is 10.1 Å². The monoisotopic (exact) mass is 353 g/mol. The molecule has 0 bridgehead atoms. The van der Waals surface area contributed by atoms with Gasteiger partial charge in [0, 0.05) is 22.5 Å². The standard InChI is InChI=1S/C19H16ClN3O2/c1-12-17(19(24)23-15-5-3-4-14(20)10-15)11-21-18(22-12)13-6-8-16(25-2)9-7-13/h3-11H,1-2H3,(H,23,24). The second-order valence-electron chi connectivity index (χ2n) is 5.39. The van der Waals surface area contributed by atoms with Crippen molar-refractivity contribution in [1.82, 2.24) is 9.97 Å². The maximum absolute atomic E-state index is 12.4. The third-order valence-corrected chi connectivity index (χ3v) is 3.89. The van der Waals surface area contributed by atoms with Gasteiger partial charge in [-0.15, -0.1) is 0 Å². The van der Waals surface area contributed by atoms with E-state index >= 15 is 0 Å². The lowest BCUT2D eigenvalue weighted by molar-refractivity contribution is 0.102. The van der Waals surface area contributed by atoms with Crippen LogP contribution in [-0.4, -0.2) is 23.0 Å². The van der Waals surface area contributed by atoms with E-state index in [1.165, 1.54) is 6.20 Å². The third kappa shape index (κ3) is 3.95. The van der Waals surface area contributed by atoms with Gasteiger partial charge < -0.3 is 10.1 Å². The van der Waals surface area contributed by atoms with Gasteiger partial charge in [0.2, 0.25) is 0 Å². The van der Waals surface area contributed by atoms with Crippen LogP contribution in [0.15, 0.2) is 54.7 Å². The number of ether oxygens (including phenoxy) is 1. The molecular formula is C19H16ClN3O2. The van der Waals surface area contributed by atoms with Crippen molar-refractivity contribution in [3.63, 3.8) is 0 Å². The van der Waals surface area contributed by atoms with E-state index in [9.17, 15) is 4.79 Å². The Hall–Kier alpha value is -2.92. The van der Waals surface area contributed by atoms with Gasteiger partial charge in [-0.2, -0.15) is 0 Å². The number of aryl methyl sites for hydroxylation is 1. The van der Waals surface area contributed by atoms with Gasteiger partial charge in [-0.3, -0.25) is 4.79 Å². The molecule has 1 amide bonds. The first kappa shape index (κ1) is 16.9. The van der Waals surface area contributed by atoms with Crippen molar-refractivity contribution in [3.05, 3.63) is 71.0 Å². The van der Waals surface area contributed by atoms with E-state index in [4.69, 9.17) is 16.3 Å². The summed E-state index contributed by atoms with van der Waals surface area (Å²) in [5.41, 5.74) is 2.49. The quantitative estimate of drug-likeness (QED) is 0.756. The molecule has 0 saturated heterocycles. The minimum absolute atomic E-state index is 0.277. The number of nitrogens with one attached hydrogen (secondary N) is 1. The Morgan fingerprint density at radius 2 is 1.92 bits per heavy atom. The lowest BCUT2D eigenvalue weighted by atomic mass is 10.1. The number of carbonyl (C=O) groups is 1. The molecule has 0 radical (unpaired) electrons. The Morgan fingerprint density at radius 3 is 2.56 bits per heavy atom. The Morgan fingerprint density at radius 1 is 1.16 bits per heavy atom. The van der Waals surface area contributed by atoms with Gasteiger partial charge in [-0.25, -0.2) is 9.97 Å². The van der Waals surface area contributed by atoms with Gasteiger partial charge >= 0.3 is 0 Å². The first-order chi connectivity index (χ1) is 12.1. The van der Waals surface area contributed by atoms with Crippen molar-refractivity contribution in [2.45, 2.75) is 6.92 Å². The van der Waals surface area contributed by atoms with E-state index in [-0.39, 0.29) is 5.91 Å². The predicted molar refractivity (Wildman–Crippen MR) is 98.2 cm³/mol. The number of hydrogen-bond acceptors (Lipinski definition) is 4. The van der Waals surface area contributed by atoms with Crippen molar-refractivity contribution < 1.29 is 9.53 Å². The van der Waals surface area contributed by atoms with Crippen LogP contribution in [0.25, 0.3) is 11.4 Å². The van der Waals surface area contributed by atoms with Gasteiger partial charge in [-0.1, -0.05) is 17.7 Å². The fraction of sp³-hybridized carbons (Fsp3) is 0.105. The number of anilines is 1. The zero-order chi connectivity index (χ0) is 17.8. The first-order valence-corrected chi connectivity index (χ1v) is 7.99. The molecule has 2 aromatic carbocycles. The highest BCUT2D eigenvalue weighted by atomic mass is 35.5. The number of halogens is 1. The number of amides is 1. The maximum Gasteiger partial charge on any atom is 0.259 e. The predicted octanol–water partition coefficient (Wildman–Crippen LogP) is 4.37. The highest BCUT2D eigenvalue weighted by molar-refractivity contribution is 6.31. The molecule has 0 aliphatic heterocycles. The lowest BCUT2D eigenvalue weighted by Gasteiger charge is -2.09. The smallest absolute Gasteiger partial charge is 0.259 e. The number of nitrogens with zero attached hydrogens (tertiary/aromatic N) is 2. The zero-order valence-electron chi connectivity index (χ0n) is 13.8. The van der Waals surface area contributed by atoms with Crippen LogP contribution in [-0.2, 0) is 0 Å². The van der Waals surface area contributed by atoms with Crippen molar-refractivity contribution in [3.8, 4) is 17.1 Å². The molecule has 3 rings (SSSR count). The lowest BCUT2D eigenvalue weighted by Crippen LogP contribution is -2.15. The third-order valence-electron chi connectivity index (χ3n) is 3.65. The molecule has 0 fully saturated rings. The Bertz CT molecular complexity index is 911. The average molecular weight is 354 g/mol. The molecule has 1 heterocycles. The van der Waals surface area contributed by atoms with Crippen molar-refractivity contribution in [2.75, 3.05) is 12.4 Å². The Kier molecular flexibility index (Phi) is 4.95. The number of methoxy groups -OCH3 is 1. The summed E-state index contributed by atoms with van der Waals surface area (Å²) >= 11 is 5.93. The molecule has 0 atom stereocenters. The molecule has 0 aliphatic carbocycles. The summed E-state index contributed by atoms with van der Waals surface area (Å²) in [5.74, 6) is 1.04. The summed E-state index contributed by atoms with van der Waals surface area (Å²) in [4.78, 5) is 21.2. The van der Waals surface area contributed by atoms with Crippen LogP contribution in [0.3, 0.4) is 0 Å². The summed E-state index contributed by atoms with van der Waals surface area (Å²) in [6, 6.07) is 14.4. The van der Waals surface area contributed by atoms with Crippen LogP contribution in [0.1, 0.15) is 16.1 Å². The molecular weight excluding hydrogens is 338 g/mol. The number of benzene rings is 2. The van der Waals surface area contributed by atoms with Crippen molar-refractivity contribution in [2.24, 2.45) is 0 Å². The van der Waals surface area contributed by atoms with E-state index in [0.717, 1.165) is 11.3 Å².